The van der Waals surface area contributed by atoms with Gasteiger partial charge in [0.1, 0.15) is 12.6 Å². The molecule has 0 heterocycles. The van der Waals surface area contributed by atoms with Gasteiger partial charge in [0.2, 0.25) is 11.8 Å². The summed E-state index contributed by atoms with van der Waals surface area (Å²) >= 11 is 14.1. The molecule has 3 aromatic rings. The van der Waals surface area contributed by atoms with E-state index in [1.165, 1.54) is 28.8 Å². The lowest BCUT2D eigenvalue weighted by atomic mass is 10.1. The standard InChI is InChI=1S/C31H37Cl2N3O4S2/c1-7-28(30(38)34-31(3,4)5)35(19-22-10-11-23(32)18-27(22)33)29(37)20-36(24-12-8-21(2)9-13-24)42(39,40)26-16-14-25(41-6)15-17-26/h8-18,28H,7,19-20H2,1-6H3,(H,34,38)/t28-/m1/s1. The van der Waals surface area contributed by atoms with Gasteiger partial charge in [0.25, 0.3) is 10.0 Å². The maximum Gasteiger partial charge on any atom is 0.264 e. The smallest absolute Gasteiger partial charge is 0.264 e. The van der Waals surface area contributed by atoms with E-state index in [9.17, 15) is 18.0 Å². The van der Waals surface area contributed by atoms with E-state index in [4.69, 9.17) is 23.2 Å². The molecule has 0 bridgehead atoms. The highest BCUT2D eigenvalue weighted by molar-refractivity contribution is 7.98. The molecule has 11 heteroatoms. The average molecular weight is 651 g/mol. The van der Waals surface area contributed by atoms with Crippen molar-refractivity contribution in [2.75, 3.05) is 17.1 Å². The van der Waals surface area contributed by atoms with Gasteiger partial charge < -0.3 is 10.2 Å². The van der Waals surface area contributed by atoms with Gasteiger partial charge in [0, 0.05) is 27.0 Å². The summed E-state index contributed by atoms with van der Waals surface area (Å²) in [6.07, 6.45) is 2.20. The number of carbonyl (C=O) groups is 2. The van der Waals surface area contributed by atoms with Crippen LogP contribution in [0, 0.1) is 6.92 Å². The van der Waals surface area contributed by atoms with Crippen LogP contribution in [0.15, 0.2) is 76.5 Å². The van der Waals surface area contributed by atoms with Gasteiger partial charge >= 0.3 is 0 Å². The molecule has 3 aromatic carbocycles. The van der Waals surface area contributed by atoms with E-state index in [0.717, 1.165) is 14.8 Å². The second-order valence-corrected chi connectivity index (χ2v) is 14.5. The maximum absolute atomic E-state index is 14.2. The van der Waals surface area contributed by atoms with Crippen LogP contribution in [0.2, 0.25) is 10.0 Å². The van der Waals surface area contributed by atoms with Crippen LogP contribution in [-0.4, -0.2) is 49.5 Å². The number of thioether (sulfide) groups is 1. The number of anilines is 1. The van der Waals surface area contributed by atoms with Crippen LogP contribution in [0.1, 0.15) is 45.2 Å². The Labute approximate surface area is 263 Å². The van der Waals surface area contributed by atoms with Gasteiger partial charge in [-0.2, -0.15) is 0 Å². The zero-order chi connectivity index (χ0) is 31.2. The first kappa shape index (κ1) is 33.8. The number of hydrogen-bond donors (Lipinski definition) is 1. The normalized spacial score (nSPS) is 12.5. The Morgan fingerprint density at radius 3 is 2.12 bits per heavy atom. The van der Waals surface area contributed by atoms with Crippen LogP contribution >= 0.6 is 35.0 Å². The van der Waals surface area contributed by atoms with Gasteiger partial charge in [-0.25, -0.2) is 8.42 Å². The van der Waals surface area contributed by atoms with E-state index < -0.39 is 34.1 Å². The van der Waals surface area contributed by atoms with Crippen molar-refractivity contribution in [3.63, 3.8) is 0 Å². The summed E-state index contributed by atoms with van der Waals surface area (Å²) in [6.45, 7) is 8.72. The lowest BCUT2D eigenvalue weighted by Gasteiger charge is -2.35. The van der Waals surface area contributed by atoms with Gasteiger partial charge in [0.05, 0.1) is 10.6 Å². The Morgan fingerprint density at radius 2 is 1.60 bits per heavy atom. The molecule has 0 aliphatic rings. The first-order valence-corrected chi connectivity index (χ1v) is 16.9. The molecule has 0 saturated heterocycles. The highest BCUT2D eigenvalue weighted by Crippen LogP contribution is 2.28. The summed E-state index contributed by atoms with van der Waals surface area (Å²) in [7, 11) is -4.16. The molecule has 0 fully saturated rings. The third-order valence-corrected chi connectivity index (χ3v) is 9.61. The quantitative estimate of drug-likeness (QED) is 0.227. The predicted octanol–water partition coefficient (Wildman–Crippen LogP) is 6.94. The van der Waals surface area contributed by atoms with E-state index in [2.05, 4.69) is 5.32 Å². The molecule has 0 radical (unpaired) electrons. The van der Waals surface area contributed by atoms with Crippen molar-refractivity contribution in [1.82, 2.24) is 10.2 Å². The molecule has 1 atom stereocenters. The van der Waals surface area contributed by atoms with Crippen molar-refractivity contribution >= 4 is 62.5 Å². The molecule has 226 valence electrons. The van der Waals surface area contributed by atoms with Crippen molar-refractivity contribution in [2.24, 2.45) is 0 Å². The number of halogens is 2. The Morgan fingerprint density at radius 1 is 0.976 bits per heavy atom. The SMILES string of the molecule is CC[C@H](C(=O)NC(C)(C)C)N(Cc1ccc(Cl)cc1Cl)C(=O)CN(c1ccc(C)cc1)S(=O)(=O)c1ccc(SC)cc1. The summed E-state index contributed by atoms with van der Waals surface area (Å²) < 4.78 is 29.1. The van der Waals surface area contributed by atoms with E-state index in [0.29, 0.717) is 27.7 Å². The molecule has 0 saturated carbocycles. The number of benzene rings is 3. The molecule has 0 unspecified atom stereocenters. The fraction of sp³-hybridized carbons (Fsp3) is 0.355. The van der Waals surface area contributed by atoms with Crippen molar-refractivity contribution in [3.8, 4) is 0 Å². The number of hydrogen-bond acceptors (Lipinski definition) is 5. The molecule has 0 aliphatic carbocycles. The molecule has 3 rings (SSSR count). The van der Waals surface area contributed by atoms with Crippen molar-refractivity contribution < 1.29 is 18.0 Å². The number of carbonyl (C=O) groups excluding carboxylic acids is 2. The number of rotatable bonds is 11. The fourth-order valence-electron chi connectivity index (χ4n) is 4.32. The number of nitrogens with one attached hydrogen (secondary N) is 1. The summed E-state index contributed by atoms with van der Waals surface area (Å²) in [5, 5.41) is 3.72. The molecule has 42 heavy (non-hydrogen) atoms. The maximum atomic E-state index is 14.2. The van der Waals surface area contributed by atoms with Crippen LogP contribution in [-0.2, 0) is 26.2 Å². The number of sulfonamides is 1. The molecule has 0 aliphatic heterocycles. The Kier molecular flexibility index (Phi) is 11.4. The first-order valence-electron chi connectivity index (χ1n) is 13.4. The summed E-state index contributed by atoms with van der Waals surface area (Å²) in [5.41, 5.74) is 1.31. The first-order chi connectivity index (χ1) is 19.7. The largest absolute Gasteiger partial charge is 0.350 e. The van der Waals surface area contributed by atoms with E-state index >= 15 is 0 Å². The zero-order valence-electron chi connectivity index (χ0n) is 24.6. The molecule has 2 amide bonds. The minimum atomic E-state index is -4.16. The van der Waals surface area contributed by atoms with Gasteiger partial charge in [-0.15, -0.1) is 11.8 Å². The van der Waals surface area contributed by atoms with Crippen molar-refractivity contribution in [1.29, 1.82) is 0 Å². The van der Waals surface area contributed by atoms with Crippen LogP contribution in [0.5, 0.6) is 0 Å². The van der Waals surface area contributed by atoms with Gasteiger partial charge in [-0.3, -0.25) is 13.9 Å². The lowest BCUT2D eigenvalue weighted by molar-refractivity contribution is -0.141. The second-order valence-electron chi connectivity index (χ2n) is 10.9. The third-order valence-electron chi connectivity index (χ3n) is 6.49. The fourth-order valence-corrected chi connectivity index (χ4v) is 6.61. The van der Waals surface area contributed by atoms with Crippen LogP contribution in [0.3, 0.4) is 0 Å². The summed E-state index contributed by atoms with van der Waals surface area (Å²) in [5.74, 6) is -0.900. The van der Waals surface area contributed by atoms with Crippen LogP contribution in [0.4, 0.5) is 5.69 Å². The van der Waals surface area contributed by atoms with Crippen molar-refractivity contribution in [3.05, 3.63) is 87.9 Å². The Hall–Kier alpha value is -2.72. The Balaban J connectivity index is 2.09. The second kappa shape index (κ2) is 14.2. The number of amides is 2. The topological polar surface area (TPSA) is 86.8 Å². The minimum Gasteiger partial charge on any atom is -0.350 e. The van der Waals surface area contributed by atoms with Gasteiger partial charge in [-0.1, -0.05) is 53.9 Å². The number of nitrogens with zero attached hydrogens (tertiary/aromatic N) is 2. The van der Waals surface area contributed by atoms with Gasteiger partial charge in [0.15, 0.2) is 0 Å². The molecule has 0 spiro atoms. The average Bonchev–Trinajstić information content (AvgIpc) is 2.92. The number of aryl methyl sites for hydroxylation is 1. The monoisotopic (exact) mass is 649 g/mol. The lowest BCUT2D eigenvalue weighted by Crippen LogP contribution is -2.55. The van der Waals surface area contributed by atoms with Crippen LogP contribution < -0.4 is 9.62 Å². The highest BCUT2D eigenvalue weighted by atomic mass is 35.5. The highest BCUT2D eigenvalue weighted by Gasteiger charge is 2.35. The summed E-state index contributed by atoms with van der Waals surface area (Å²) in [6, 6.07) is 17.5. The molecule has 7 nitrogen and oxygen atoms in total. The third kappa shape index (κ3) is 8.66. The van der Waals surface area contributed by atoms with E-state index in [1.807, 2.05) is 34.0 Å². The predicted molar refractivity (Wildman–Crippen MR) is 173 cm³/mol. The van der Waals surface area contributed by atoms with E-state index in [-0.39, 0.29) is 17.3 Å². The van der Waals surface area contributed by atoms with Gasteiger partial charge in [-0.05, 0) is 94.5 Å². The summed E-state index contributed by atoms with van der Waals surface area (Å²) in [4.78, 5) is 30.0. The molecule has 1 N–H and O–H groups in total. The van der Waals surface area contributed by atoms with Crippen molar-refractivity contribution in [2.45, 2.75) is 69.0 Å². The van der Waals surface area contributed by atoms with E-state index in [1.54, 1.807) is 61.5 Å². The molecular formula is C31H37Cl2N3O4S2. The zero-order valence-corrected chi connectivity index (χ0v) is 27.8. The molecular weight excluding hydrogens is 613 g/mol. The Bertz CT molecular complexity index is 1510. The minimum absolute atomic E-state index is 0.0187. The van der Waals surface area contributed by atoms with Crippen LogP contribution in [0.25, 0.3) is 0 Å². The molecule has 0 aromatic heterocycles.